The molecular formula is C24H24F2N2O3S. The number of carboxylic acids is 1. The monoisotopic (exact) mass is 458 g/mol. The Balaban J connectivity index is 1.38. The topological polar surface area (TPSA) is 62.7 Å². The lowest BCUT2D eigenvalue weighted by Gasteiger charge is -2.18. The molecule has 2 aromatic carbocycles. The van der Waals surface area contributed by atoms with Gasteiger partial charge in [0, 0.05) is 42.6 Å². The summed E-state index contributed by atoms with van der Waals surface area (Å²) in [5.41, 5.74) is 4.07. The van der Waals surface area contributed by atoms with Crippen LogP contribution in [0.4, 0.5) is 8.78 Å². The van der Waals surface area contributed by atoms with Crippen LogP contribution in [0.15, 0.2) is 48.5 Å². The first-order valence-electron chi connectivity index (χ1n) is 10.4. The van der Waals surface area contributed by atoms with Crippen molar-refractivity contribution < 1.29 is 23.4 Å². The second-order valence-electron chi connectivity index (χ2n) is 8.03. The van der Waals surface area contributed by atoms with E-state index in [1.165, 1.54) is 34.8 Å². The van der Waals surface area contributed by atoms with E-state index in [0.29, 0.717) is 5.75 Å². The lowest BCUT2D eigenvalue weighted by atomic mass is 10.0. The number of hydrogen-bond donors (Lipinski definition) is 1. The fourth-order valence-electron chi connectivity index (χ4n) is 3.82. The van der Waals surface area contributed by atoms with Gasteiger partial charge in [-0.3, -0.25) is 4.90 Å². The van der Waals surface area contributed by atoms with Gasteiger partial charge in [0.1, 0.15) is 5.75 Å². The maximum atomic E-state index is 13.4. The lowest BCUT2D eigenvalue weighted by molar-refractivity contribution is -0.139. The smallest absolute Gasteiger partial charge is 0.341 e. The second kappa shape index (κ2) is 9.34. The van der Waals surface area contributed by atoms with E-state index < -0.39 is 11.9 Å². The predicted octanol–water partition coefficient (Wildman–Crippen LogP) is 4.99. The molecule has 0 bridgehead atoms. The summed E-state index contributed by atoms with van der Waals surface area (Å²) in [6.45, 7) is 3.12. The van der Waals surface area contributed by atoms with Crippen LogP contribution in [0.1, 0.15) is 28.5 Å². The van der Waals surface area contributed by atoms with Crippen molar-refractivity contribution in [2.45, 2.75) is 32.2 Å². The summed E-state index contributed by atoms with van der Waals surface area (Å²) in [5.74, 6) is -3.26. The highest BCUT2D eigenvalue weighted by Crippen LogP contribution is 2.30. The number of rotatable bonds is 7. The molecule has 1 aromatic heterocycles. The first kappa shape index (κ1) is 22.4. The minimum atomic E-state index is -2.85. The third-order valence-corrected chi connectivity index (χ3v) is 6.33. The van der Waals surface area contributed by atoms with Crippen molar-refractivity contribution in [2.24, 2.45) is 0 Å². The van der Waals surface area contributed by atoms with Crippen LogP contribution in [0.3, 0.4) is 0 Å². The highest BCUT2D eigenvalue weighted by atomic mass is 32.1. The normalized spacial score (nSPS) is 14.6. The second-order valence-corrected chi connectivity index (χ2v) is 8.92. The Labute approximate surface area is 189 Å². The molecule has 0 saturated carbocycles. The van der Waals surface area contributed by atoms with E-state index in [0.717, 1.165) is 55.5 Å². The average molecular weight is 459 g/mol. The zero-order chi connectivity index (χ0) is 22.7. The minimum Gasteiger partial charge on any atom is -0.482 e. The van der Waals surface area contributed by atoms with E-state index >= 15 is 0 Å². The van der Waals surface area contributed by atoms with Gasteiger partial charge in [0.15, 0.2) is 6.61 Å². The van der Waals surface area contributed by atoms with Crippen LogP contribution >= 0.6 is 11.5 Å². The molecule has 1 N–H and O–H groups in total. The van der Waals surface area contributed by atoms with Gasteiger partial charge in [-0.1, -0.05) is 30.3 Å². The summed E-state index contributed by atoms with van der Waals surface area (Å²) in [7, 11) is 0. The standard InChI is InChI=1S/C24H24F2N2O3S/c1-24(25,26)19-5-2-17(3-6-19)22-13-21(32-27-22)14-28-10-8-16-4-7-20(31-15-23(29)30)12-18(16)9-11-28/h2-7,12-13H,8-11,14-15H2,1H3,(H,29,30). The average Bonchev–Trinajstić information content (AvgIpc) is 3.13. The molecule has 0 fully saturated rings. The van der Waals surface area contributed by atoms with E-state index in [9.17, 15) is 13.6 Å². The van der Waals surface area contributed by atoms with Gasteiger partial charge in [-0.25, -0.2) is 13.6 Å². The van der Waals surface area contributed by atoms with E-state index in [4.69, 9.17) is 9.84 Å². The third-order valence-electron chi connectivity index (χ3n) is 5.56. The minimum absolute atomic E-state index is 0.00245. The predicted molar refractivity (Wildman–Crippen MR) is 119 cm³/mol. The van der Waals surface area contributed by atoms with Crippen molar-refractivity contribution in [1.82, 2.24) is 9.27 Å². The van der Waals surface area contributed by atoms with Gasteiger partial charge >= 0.3 is 5.97 Å². The van der Waals surface area contributed by atoms with Gasteiger partial charge in [-0.15, -0.1) is 0 Å². The molecule has 0 amide bonds. The molecule has 1 aliphatic heterocycles. The molecule has 0 spiro atoms. The molecule has 0 atom stereocenters. The number of fused-ring (bicyclic) bond motifs is 1. The molecule has 0 saturated heterocycles. The summed E-state index contributed by atoms with van der Waals surface area (Å²) in [6, 6.07) is 14.1. The Kier molecular flexibility index (Phi) is 6.53. The van der Waals surface area contributed by atoms with Gasteiger partial charge in [0.25, 0.3) is 5.92 Å². The molecule has 0 aliphatic carbocycles. The number of hydrogen-bond acceptors (Lipinski definition) is 5. The van der Waals surface area contributed by atoms with Gasteiger partial charge in [-0.2, -0.15) is 4.37 Å². The molecule has 0 radical (unpaired) electrons. The summed E-state index contributed by atoms with van der Waals surface area (Å²) >= 11 is 1.43. The Bertz CT molecular complexity index is 1090. The third kappa shape index (κ3) is 5.49. The van der Waals surface area contributed by atoms with E-state index in [1.807, 2.05) is 24.3 Å². The first-order chi connectivity index (χ1) is 15.3. The maximum absolute atomic E-state index is 13.4. The van der Waals surface area contributed by atoms with Crippen molar-refractivity contribution in [3.63, 3.8) is 0 Å². The number of carboxylic acid groups (broad SMARTS) is 1. The van der Waals surface area contributed by atoms with E-state index in [1.54, 1.807) is 12.1 Å². The number of ether oxygens (including phenoxy) is 1. The van der Waals surface area contributed by atoms with Crippen LogP contribution in [0, 0.1) is 0 Å². The van der Waals surface area contributed by atoms with Crippen molar-refractivity contribution in [2.75, 3.05) is 19.7 Å². The number of aliphatic carboxylic acids is 1. The highest BCUT2D eigenvalue weighted by Gasteiger charge is 2.24. The number of alkyl halides is 2. The molecule has 4 rings (SSSR count). The molecule has 3 aromatic rings. The first-order valence-corrected chi connectivity index (χ1v) is 11.2. The van der Waals surface area contributed by atoms with Crippen molar-refractivity contribution >= 4 is 17.5 Å². The summed E-state index contributed by atoms with van der Waals surface area (Å²) in [5, 5.41) is 8.79. The molecule has 5 nitrogen and oxygen atoms in total. The van der Waals surface area contributed by atoms with Crippen molar-refractivity contribution in [3.8, 4) is 17.0 Å². The highest BCUT2D eigenvalue weighted by molar-refractivity contribution is 7.06. The van der Waals surface area contributed by atoms with Crippen LogP contribution in [0.25, 0.3) is 11.3 Å². The lowest BCUT2D eigenvalue weighted by Crippen LogP contribution is -2.25. The molecule has 32 heavy (non-hydrogen) atoms. The maximum Gasteiger partial charge on any atom is 0.341 e. The Hall–Kier alpha value is -2.84. The van der Waals surface area contributed by atoms with Crippen LogP contribution in [-0.2, 0) is 30.1 Å². The van der Waals surface area contributed by atoms with Crippen LogP contribution < -0.4 is 4.74 Å². The zero-order valence-corrected chi connectivity index (χ0v) is 18.5. The largest absolute Gasteiger partial charge is 0.482 e. The molecular weight excluding hydrogens is 434 g/mol. The van der Waals surface area contributed by atoms with Crippen LogP contribution in [0.2, 0.25) is 0 Å². The van der Waals surface area contributed by atoms with Gasteiger partial charge in [0.05, 0.1) is 5.69 Å². The molecule has 2 heterocycles. The molecule has 0 unspecified atom stereocenters. The summed E-state index contributed by atoms with van der Waals surface area (Å²) in [6.07, 6.45) is 1.77. The number of aromatic nitrogens is 1. The summed E-state index contributed by atoms with van der Waals surface area (Å²) in [4.78, 5) is 14.2. The molecule has 1 aliphatic rings. The van der Waals surface area contributed by atoms with Crippen LogP contribution in [0.5, 0.6) is 5.75 Å². The fourth-order valence-corrected chi connectivity index (χ4v) is 4.60. The SMILES string of the molecule is CC(F)(F)c1ccc(-c2cc(CN3CCc4ccc(OCC(=O)O)cc4CC3)sn2)cc1. The quantitative estimate of drug-likeness (QED) is 0.541. The van der Waals surface area contributed by atoms with Crippen molar-refractivity contribution in [1.29, 1.82) is 0 Å². The fraction of sp³-hybridized carbons (Fsp3) is 0.333. The number of halogens is 2. The number of carbonyl (C=O) groups is 1. The number of benzene rings is 2. The van der Waals surface area contributed by atoms with Gasteiger partial charge in [0.2, 0.25) is 0 Å². The molecule has 8 heteroatoms. The van der Waals surface area contributed by atoms with Crippen molar-refractivity contribution in [3.05, 3.63) is 70.1 Å². The Morgan fingerprint density at radius 3 is 2.53 bits per heavy atom. The van der Waals surface area contributed by atoms with E-state index in [2.05, 4.69) is 9.27 Å². The zero-order valence-electron chi connectivity index (χ0n) is 17.7. The van der Waals surface area contributed by atoms with Crippen LogP contribution in [-0.4, -0.2) is 40.0 Å². The molecule has 168 valence electrons. The van der Waals surface area contributed by atoms with E-state index in [-0.39, 0.29) is 12.2 Å². The van der Waals surface area contributed by atoms with Gasteiger partial charge < -0.3 is 9.84 Å². The summed E-state index contributed by atoms with van der Waals surface area (Å²) < 4.78 is 36.7. The van der Waals surface area contributed by atoms with Gasteiger partial charge in [-0.05, 0) is 53.7 Å². The number of nitrogens with zero attached hydrogens (tertiary/aromatic N) is 2. The Morgan fingerprint density at radius 2 is 1.84 bits per heavy atom. The Morgan fingerprint density at radius 1 is 1.12 bits per heavy atom.